The van der Waals surface area contributed by atoms with E-state index in [0.29, 0.717) is 4.96 Å². The number of carboxylic acid groups (broad SMARTS) is 1. The minimum absolute atomic E-state index is 0.0156. The molecule has 1 N–H and O–H groups in total. The van der Waals surface area contributed by atoms with E-state index in [9.17, 15) is 4.79 Å². The van der Waals surface area contributed by atoms with Crippen LogP contribution in [0.4, 0.5) is 0 Å². The third-order valence-corrected chi connectivity index (χ3v) is 3.31. The van der Waals surface area contributed by atoms with Crippen molar-refractivity contribution in [3.8, 4) is 0 Å². The number of carbonyl (C=O) groups is 1. The standard InChI is InChI=1S/C7H3Cl3N2O2S/c8-7(9,10)4-3(5(13)14)15-6-11-1-2-12(4)6/h1-2H,(H,13,14). The van der Waals surface area contributed by atoms with E-state index in [-0.39, 0.29) is 10.6 Å². The Kier molecular flexibility index (Phi) is 2.58. The van der Waals surface area contributed by atoms with Crippen LogP contribution in [0.15, 0.2) is 12.4 Å². The Hall–Kier alpha value is -0.490. The zero-order chi connectivity index (χ0) is 11.2. The molecular weight excluding hydrogens is 283 g/mol. The van der Waals surface area contributed by atoms with Crippen LogP contribution < -0.4 is 0 Å². The molecule has 0 atom stereocenters. The molecule has 0 fully saturated rings. The van der Waals surface area contributed by atoms with Gasteiger partial charge in [0.2, 0.25) is 3.79 Å². The van der Waals surface area contributed by atoms with E-state index in [2.05, 4.69) is 4.98 Å². The summed E-state index contributed by atoms with van der Waals surface area (Å²) in [7, 11) is 0. The summed E-state index contributed by atoms with van der Waals surface area (Å²) >= 11 is 18.1. The highest BCUT2D eigenvalue weighted by atomic mass is 35.6. The molecule has 0 spiro atoms. The number of fused-ring (bicyclic) bond motifs is 1. The quantitative estimate of drug-likeness (QED) is 0.820. The summed E-state index contributed by atoms with van der Waals surface area (Å²) in [6.07, 6.45) is 3.06. The first kappa shape index (κ1) is 11.0. The fourth-order valence-electron chi connectivity index (χ4n) is 1.19. The molecular formula is C7H3Cl3N2O2S. The van der Waals surface area contributed by atoms with Gasteiger partial charge in [-0.2, -0.15) is 0 Å². The monoisotopic (exact) mass is 284 g/mol. The summed E-state index contributed by atoms with van der Waals surface area (Å²) in [6, 6.07) is 0. The zero-order valence-electron chi connectivity index (χ0n) is 6.95. The summed E-state index contributed by atoms with van der Waals surface area (Å²) in [5, 5.41) is 8.94. The number of halogens is 3. The molecule has 0 aromatic carbocycles. The molecule has 2 rings (SSSR count). The number of alkyl halides is 3. The normalized spacial score (nSPS) is 12.2. The van der Waals surface area contributed by atoms with Gasteiger partial charge in [0.25, 0.3) is 0 Å². The highest BCUT2D eigenvalue weighted by Crippen LogP contribution is 2.42. The van der Waals surface area contributed by atoms with Crippen molar-refractivity contribution in [1.82, 2.24) is 9.38 Å². The maximum atomic E-state index is 10.9. The SMILES string of the molecule is O=C(O)c1sc2nccn2c1C(Cl)(Cl)Cl. The molecule has 0 amide bonds. The van der Waals surface area contributed by atoms with E-state index in [1.54, 1.807) is 6.20 Å². The first-order valence-corrected chi connectivity index (χ1v) is 5.62. The molecule has 0 aliphatic rings. The van der Waals surface area contributed by atoms with Gasteiger partial charge in [0.15, 0.2) is 4.96 Å². The minimum Gasteiger partial charge on any atom is -0.477 e. The van der Waals surface area contributed by atoms with Crippen LogP contribution in [0, 0.1) is 0 Å². The fraction of sp³-hybridized carbons (Fsp3) is 0.143. The Balaban J connectivity index is 2.80. The second-order valence-electron chi connectivity index (χ2n) is 2.66. The van der Waals surface area contributed by atoms with Gasteiger partial charge in [-0.25, -0.2) is 9.78 Å². The lowest BCUT2D eigenvalue weighted by Gasteiger charge is -2.10. The Morgan fingerprint density at radius 3 is 2.73 bits per heavy atom. The molecule has 80 valence electrons. The van der Waals surface area contributed by atoms with Crippen molar-refractivity contribution >= 4 is 57.1 Å². The molecule has 0 radical (unpaired) electrons. The highest BCUT2D eigenvalue weighted by molar-refractivity contribution is 7.19. The van der Waals surface area contributed by atoms with Gasteiger partial charge in [0, 0.05) is 12.4 Å². The van der Waals surface area contributed by atoms with E-state index in [1.165, 1.54) is 10.6 Å². The molecule has 0 saturated carbocycles. The number of rotatable bonds is 1. The molecule has 2 aromatic rings. The Morgan fingerprint density at radius 2 is 2.20 bits per heavy atom. The molecule has 0 bridgehead atoms. The number of carboxylic acids is 1. The summed E-state index contributed by atoms with van der Waals surface area (Å²) in [4.78, 5) is 15.3. The first-order chi connectivity index (χ1) is 6.91. The number of hydrogen-bond donors (Lipinski definition) is 1. The molecule has 0 aliphatic carbocycles. The minimum atomic E-state index is -1.79. The lowest BCUT2D eigenvalue weighted by Crippen LogP contribution is -2.10. The van der Waals surface area contributed by atoms with Crippen molar-refractivity contribution in [2.75, 3.05) is 0 Å². The van der Waals surface area contributed by atoms with E-state index in [4.69, 9.17) is 39.9 Å². The van der Waals surface area contributed by atoms with Crippen LogP contribution in [-0.2, 0) is 3.79 Å². The van der Waals surface area contributed by atoms with E-state index in [0.717, 1.165) is 11.3 Å². The number of nitrogens with zero attached hydrogens (tertiary/aromatic N) is 2. The van der Waals surface area contributed by atoms with Crippen molar-refractivity contribution in [2.45, 2.75) is 3.79 Å². The molecule has 8 heteroatoms. The summed E-state index contributed by atoms with van der Waals surface area (Å²) < 4.78 is -0.326. The second-order valence-corrected chi connectivity index (χ2v) is 5.92. The van der Waals surface area contributed by atoms with Crippen LogP contribution in [0.25, 0.3) is 4.96 Å². The van der Waals surface area contributed by atoms with Crippen molar-refractivity contribution in [1.29, 1.82) is 0 Å². The van der Waals surface area contributed by atoms with Crippen LogP contribution in [0.2, 0.25) is 0 Å². The predicted octanol–water partition coefficient (Wildman–Crippen LogP) is 2.92. The van der Waals surface area contributed by atoms with Gasteiger partial charge in [-0.3, -0.25) is 4.40 Å². The van der Waals surface area contributed by atoms with Crippen molar-refractivity contribution in [3.63, 3.8) is 0 Å². The number of thiazole rings is 1. The van der Waals surface area contributed by atoms with Crippen LogP contribution >= 0.6 is 46.1 Å². The van der Waals surface area contributed by atoms with Gasteiger partial charge in [-0.05, 0) is 0 Å². The molecule has 0 unspecified atom stereocenters. The van der Waals surface area contributed by atoms with Gasteiger partial charge >= 0.3 is 5.97 Å². The summed E-state index contributed by atoms with van der Waals surface area (Å²) in [5.74, 6) is -1.13. The van der Waals surface area contributed by atoms with Gasteiger partial charge in [-0.15, -0.1) is 0 Å². The number of aromatic nitrogens is 2. The maximum absolute atomic E-state index is 10.9. The first-order valence-electron chi connectivity index (χ1n) is 3.67. The van der Waals surface area contributed by atoms with Crippen LogP contribution in [0.1, 0.15) is 15.4 Å². The molecule has 0 aliphatic heterocycles. The Labute approximate surface area is 103 Å². The average molecular weight is 286 g/mol. The zero-order valence-corrected chi connectivity index (χ0v) is 10.0. The Bertz CT molecular complexity index is 528. The fourth-order valence-corrected chi connectivity index (χ4v) is 2.90. The molecule has 2 aromatic heterocycles. The summed E-state index contributed by atoms with van der Waals surface area (Å²) in [6.45, 7) is 0. The van der Waals surface area contributed by atoms with E-state index < -0.39 is 9.76 Å². The predicted molar refractivity (Wildman–Crippen MR) is 59.3 cm³/mol. The highest BCUT2D eigenvalue weighted by Gasteiger charge is 2.34. The van der Waals surface area contributed by atoms with E-state index >= 15 is 0 Å². The maximum Gasteiger partial charge on any atom is 0.347 e. The molecule has 2 heterocycles. The third kappa shape index (κ3) is 1.80. The topological polar surface area (TPSA) is 54.6 Å². The van der Waals surface area contributed by atoms with E-state index in [1.807, 2.05) is 0 Å². The average Bonchev–Trinajstić information content (AvgIpc) is 2.56. The van der Waals surface area contributed by atoms with Gasteiger partial charge < -0.3 is 5.11 Å². The Morgan fingerprint density at radius 1 is 1.53 bits per heavy atom. The lowest BCUT2D eigenvalue weighted by molar-refractivity contribution is 0.0700. The van der Waals surface area contributed by atoms with Crippen LogP contribution in [0.3, 0.4) is 0 Å². The third-order valence-electron chi connectivity index (χ3n) is 1.72. The van der Waals surface area contributed by atoms with Gasteiger partial charge in [-0.1, -0.05) is 46.1 Å². The van der Waals surface area contributed by atoms with Gasteiger partial charge in [0.1, 0.15) is 10.6 Å². The number of imidazole rings is 1. The molecule has 4 nitrogen and oxygen atoms in total. The number of hydrogen-bond acceptors (Lipinski definition) is 3. The van der Waals surface area contributed by atoms with Gasteiger partial charge in [0.05, 0.1) is 0 Å². The van der Waals surface area contributed by atoms with Crippen molar-refractivity contribution < 1.29 is 9.90 Å². The van der Waals surface area contributed by atoms with Crippen LogP contribution in [-0.4, -0.2) is 20.5 Å². The van der Waals surface area contributed by atoms with Crippen LogP contribution in [0.5, 0.6) is 0 Å². The van der Waals surface area contributed by atoms with Crippen molar-refractivity contribution in [3.05, 3.63) is 23.0 Å². The molecule has 0 saturated heterocycles. The smallest absolute Gasteiger partial charge is 0.347 e. The lowest BCUT2D eigenvalue weighted by atomic mass is 10.4. The second kappa shape index (κ2) is 3.52. The summed E-state index contributed by atoms with van der Waals surface area (Å²) in [5.41, 5.74) is 0.109. The van der Waals surface area contributed by atoms with Crippen molar-refractivity contribution in [2.24, 2.45) is 0 Å². The molecule has 15 heavy (non-hydrogen) atoms. The number of aromatic carboxylic acids is 1. The largest absolute Gasteiger partial charge is 0.477 e.